The number of hydrogen-bond donors (Lipinski definition) is 0. The van der Waals surface area contributed by atoms with Gasteiger partial charge in [-0.25, -0.2) is 4.98 Å². The van der Waals surface area contributed by atoms with Crippen molar-refractivity contribution in [1.29, 1.82) is 0 Å². The molecule has 2 aliphatic heterocycles. The number of anilines is 2. The Bertz CT molecular complexity index is 535. The van der Waals surface area contributed by atoms with Crippen molar-refractivity contribution in [2.75, 3.05) is 68.7 Å². The summed E-state index contributed by atoms with van der Waals surface area (Å²) in [4.78, 5) is 29.0. The van der Waals surface area contributed by atoms with Gasteiger partial charge >= 0.3 is 0 Å². The van der Waals surface area contributed by atoms with E-state index in [1.54, 1.807) is 4.90 Å². The zero-order valence-corrected chi connectivity index (χ0v) is 14.1. The lowest BCUT2D eigenvalue weighted by atomic mass is 10.3. The lowest BCUT2D eigenvalue weighted by Gasteiger charge is -2.36. The Morgan fingerprint density at radius 2 is 1.65 bits per heavy atom. The van der Waals surface area contributed by atoms with Crippen LogP contribution in [0.3, 0.4) is 0 Å². The molecule has 0 unspecified atom stereocenters. The molecule has 0 N–H and O–H groups in total. The second-order valence-corrected chi connectivity index (χ2v) is 6.22. The van der Waals surface area contributed by atoms with E-state index in [0.717, 1.165) is 82.8 Å². The van der Waals surface area contributed by atoms with Gasteiger partial charge in [0.1, 0.15) is 5.82 Å². The molecule has 2 fully saturated rings. The standard InChI is InChI=1S/C16H26N6O/c1-3-19-4-8-21(9-5-19)15-12-14(2)17-16(18-15)22-10-6-20(13-23)7-11-22/h12-13H,3-11H2,1-2H3. The molecule has 7 heteroatoms. The average molecular weight is 318 g/mol. The van der Waals surface area contributed by atoms with Gasteiger partial charge in [0, 0.05) is 64.1 Å². The molecule has 0 aromatic carbocycles. The first-order valence-corrected chi connectivity index (χ1v) is 8.47. The maximum atomic E-state index is 10.8. The number of piperazine rings is 2. The minimum Gasteiger partial charge on any atom is -0.354 e. The zero-order chi connectivity index (χ0) is 16.2. The molecule has 3 heterocycles. The Morgan fingerprint density at radius 1 is 1.00 bits per heavy atom. The smallest absolute Gasteiger partial charge is 0.227 e. The number of carbonyl (C=O) groups excluding carboxylic acids is 1. The molecule has 0 aliphatic carbocycles. The van der Waals surface area contributed by atoms with Crippen LogP contribution < -0.4 is 9.80 Å². The number of nitrogens with zero attached hydrogens (tertiary/aromatic N) is 6. The van der Waals surface area contributed by atoms with Gasteiger partial charge in [-0.2, -0.15) is 4.98 Å². The molecule has 0 atom stereocenters. The third-order valence-electron chi connectivity index (χ3n) is 4.72. The maximum absolute atomic E-state index is 10.8. The van der Waals surface area contributed by atoms with Crippen LogP contribution >= 0.6 is 0 Å². The molecule has 1 aromatic rings. The number of likely N-dealkylation sites (N-methyl/N-ethyl adjacent to an activating group) is 1. The van der Waals surface area contributed by atoms with E-state index in [9.17, 15) is 4.79 Å². The molecule has 0 spiro atoms. The SMILES string of the molecule is CCN1CCN(c2cc(C)nc(N3CCN(C=O)CC3)n2)CC1. The summed E-state index contributed by atoms with van der Waals surface area (Å²) in [5.74, 6) is 1.82. The minimum absolute atomic E-state index is 0.741. The monoisotopic (exact) mass is 318 g/mol. The van der Waals surface area contributed by atoms with Gasteiger partial charge in [-0.1, -0.05) is 6.92 Å². The van der Waals surface area contributed by atoms with Crippen molar-refractivity contribution in [2.45, 2.75) is 13.8 Å². The molecule has 0 bridgehead atoms. The van der Waals surface area contributed by atoms with Gasteiger partial charge in [-0.3, -0.25) is 4.79 Å². The molecule has 126 valence electrons. The van der Waals surface area contributed by atoms with Gasteiger partial charge in [0.05, 0.1) is 0 Å². The third kappa shape index (κ3) is 3.72. The van der Waals surface area contributed by atoms with Gasteiger partial charge in [-0.05, 0) is 13.5 Å². The van der Waals surface area contributed by atoms with Crippen LogP contribution in [0.25, 0.3) is 0 Å². The fraction of sp³-hybridized carbons (Fsp3) is 0.688. The van der Waals surface area contributed by atoms with Crippen molar-refractivity contribution in [3.63, 3.8) is 0 Å². The second kappa shape index (κ2) is 7.12. The van der Waals surface area contributed by atoms with Crippen molar-refractivity contribution in [3.8, 4) is 0 Å². The van der Waals surface area contributed by atoms with E-state index in [2.05, 4.69) is 32.7 Å². The predicted molar refractivity (Wildman–Crippen MR) is 90.9 cm³/mol. The highest BCUT2D eigenvalue weighted by molar-refractivity contribution is 5.50. The number of aryl methyl sites for hydroxylation is 1. The maximum Gasteiger partial charge on any atom is 0.227 e. The Kier molecular flexibility index (Phi) is 4.95. The van der Waals surface area contributed by atoms with E-state index in [0.29, 0.717) is 0 Å². The third-order valence-corrected chi connectivity index (χ3v) is 4.72. The molecule has 23 heavy (non-hydrogen) atoms. The lowest BCUT2D eigenvalue weighted by Crippen LogP contribution is -2.47. The number of aromatic nitrogens is 2. The summed E-state index contributed by atoms with van der Waals surface area (Å²) in [6.45, 7) is 12.6. The van der Waals surface area contributed by atoms with Crippen LogP contribution in [0.4, 0.5) is 11.8 Å². The van der Waals surface area contributed by atoms with Gasteiger partial charge < -0.3 is 19.6 Å². The van der Waals surface area contributed by atoms with Gasteiger partial charge in [0.15, 0.2) is 0 Å². The molecule has 3 rings (SSSR count). The van der Waals surface area contributed by atoms with Gasteiger partial charge in [0.25, 0.3) is 0 Å². The van der Waals surface area contributed by atoms with Crippen LogP contribution in [0, 0.1) is 6.92 Å². The van der Waals surface area contributed by atoms with Crippen molar-refractivity contribution in [3.05, 3.63) is 11.8 Å². The molecule has 2 saturated heterocycles. The quantitative estimate of drug-likeness (QED) is 0.740. The second-order valence-electron chi connectivity index (χ2n) is 6.22. The van der Waals surface area contributed by atoms with Crippen molar-refractivity contribution >= 4 is 18.2 Å². The molecule has 0 radical (unpaired) electrons. The number of amides is 1. The number of hydrogen-bond acceptors (Lipinski definition) is 6. The van der Waals surface area contributed by atoms with Crippen LogP contribution in [-0.4, -0.2) is 85.1 Å². The Hall–Kier alpha value is -1.89. The largest absolute Gasteiger partial charge is 0.354 e. The van der Waals surface area contributed by atoms with E-state index in [4.69, 9.17) is 4.98 Å². The van der Waals surface area contributed by atoms with E-state index in [1.807, 2.05) is 6.92 Å². The highest BCUT2D eigenvalue weighted by atomic mass is 16.1. The van der Waals surface area contributed by atoms with Crippen LogP contribution in [0.15, 0.2) is 6.07 Å². The van der Waals surface area contributed by atoms with E-state index in [1.165, 1.54) is 0 Å². The lowest BCUT2D eigenvalue weighted by molar-refractivity contribution is -0.118. The molecular formula is C16H26N6O. The number of carbonyl (C=O) groups is 1. The summed E-state index contributed by atoms with van der Waals surface area (Å²) in [6.07, 6.45) is 0.924. The molecule has 1 amide bonds. The first kappa shape index (κ1) is 16.0. The summed E-state index contributed by atoms with van der Waals surface area (Å²) in [5, 5.41) is 0. The molecule has 7 nitrogen and oxygen atoms in total. The van der Waals surface area contributed by atoms with Crippen LogP contribution in [0.1, 0.15) is 12.6 Å². The summed E-state index contributed by atoms with van der Waals surface area (Å²) in [6, 6.07) is 2.08. The Labute approximate surface area is 137 Å². The molecule has 2 aliphatic rings. The van der Waals surface area contributed by atoms with Gasteiger partial charge in [0.2, 0.25) is 12.4 Å². The Balaban J connectivity index is 1.71. The van der Waals surface area contributed by atoms with Crippen molar-refractivity contribution in [2.24, 2.45) is 0 Å². The first-order valence-electron chi connectivity index (χ1n) is 8.47. The minimum atomic E-state index is 0.741. The number of rotatable bonds is 4. The summed E-state index contributed by atoms with van der Waals surface area (Å²) in [5.41, 5.74) is 1.00. The highest BCUT2D eigenvalue weighted by Gasteiger charge is 2.21. The normalized spacial score (nSPS) is 20.0. The average Bonchev–Trinajstić information content (AvgIpc) is 2.61. The Morgan fingerprint density at radius 3 is 2.26 bits per heavy atom. The fourth-order valence-corrected chi connectivity index (χ4v) is 3.16. The topological polar surface area (TPSA) is 55.8 Å². The van der Waals surface area contributed by atoms with E-state index >= 15 is 0 Å². The summed E-state index contributed by atoms with van der Waals surface area (Å²) < 4.78 is 0. The summed E-state index contributed by atoms with van der Waals surface area (Å²) in [7, 11) is 0. The molecule has 0 saturated carbocycles. The van der Waals surface area contributed by atoms with E-state index in [-0.39, 0.29) is 0 Å². The van der Waals surface area contributed by atoms with E-state index < -0.39 is 0 Å². The first-order chi connectivity index (χ1) is 11.2. The highest BCUT2D eigenvalue weighted by Crippen LogP contribution is 2.19. The molecule has 1 aromatic heterocycles. The zero-order valence-electron chi connectivity index (χ0n) is 14.1. The van der Waals surface area contributed by atoms with Crippen LogP contribution in [-0.2, 0) is 4.79 Å². The predicted octanol–water partition coefficient (Wildman–Crippen LogP) is 0.205. The van der Waals surface area contributed by atoms with Crippen LogP contribution in [0.2, 0.25) is 0 Å². The molecular weight excluding hydrogens is 292 g/mol. The van der Waals surface area contributed by atoms with Gasteiger partial charge in [-0.15, -0.1) is 0 Å². The summed E-state index contributed by atoms with van der Waals surface area (Å²) >= 11 is 0. The van der Waals surface area contributed by atoms with Crippen molar-refractivity contribution in [1.82, 2.24) is 19.8 Å². The fourth-order valence-electron chi connectivity index (χ4n) is 3.16. The van der Waals surface area contributed by atoms with Crippen molar-refractivity contribution < 1.29 is 4.79 Å². The van der Waals surface area contributed by atoms with Crippen LogP contribution in [0.5, 0.6) is 0 Å².